The lowest BCUT2D eigenvalue weighted by molar-refractivity contribution is 0.269. The molecule has 0 spiro atoms. The zero-order valence-corrected chi connectivity index (χ0v) is 7.48. The van der Waals surface area contributed by atoms with E-state index in [-0.39, 0.29) is 6.61 Å². The fourth-order valence-corrected chi connectivity index (χ4v) is 1.08. The van der Waals surface area contributed by atoms with Crippen LogP contribution >= 0.6 is 0 Å². The second-order valence-electron chi connectivity index (χ2n) is 2.74. The van der Waals surface area contributed by atoms with Gasteiger partial charge in [0, 0.05) is 0 Å². The fourth-order valence-electron chi connectivity index (χ4n) is 1.08. The van der Waals surface area contributed by atoms with Gasteiger partial charge in [-0.25, -0.2) is 14.6 Å². The van der Waals surface area contributed by atoms with Gasteiger partial charge in [0.15, 0.2) is 5.82 Å². The average Bonchev–Trinajstić information content (AvgIpc) is 2.79. The standard InChI is InChI=1S/C7H10N6O/c14-2-1-12-6-9-7(11-12)3-13-5-8-4-10-13/h4-6,14H,1-3H2. The molecule has 0 aliphatic heterocycles. The molecule has 0 saturated carbocycles. The number of aliphatic hydroxyl groups is 1. The van der Waals surface area contributed by atoms with E-state index in [2.05, 4.69) is 20.2 Å². The molecule has 0 aliphatic carbocycles. The molecule has 0 bridgehead atoms. The lowest BCUT2D eigenvalue weighted by Gasteiger charge is -1.95. The molecule has 2 aromatic heterocycles. The highest BCUT2D eigenvalue weighted by Crippen LogP contribution is 1.92. The van der Waals surface area contributed by atoms with Crippen molar-refractivity contribution in [3.63, 3.8) is 0 Å². The first-order valence-electron chi connectivity index (χ1n) is 4.20. The highest BCUT2D eigenvalue weighted by atomic mass is 16.3. The van der Waals surface area contributed by atoms with Crippen LogP contribution in [0.2, 0.25) is 0 Å². The third kappa shape index (κ3) is 1.94. The molecule has 0 radical (unpaired) electrons. The first-order valence-corrected chi connectivity index (χ1v) is 4.20. The quantitative estimate of drug-likeness (QED) is 0.668. The molecule has 14 heavy (non-hydrogen) atoms. The third-order valence-corrected chi connectivity index (χ3v) is 1.68. The van der Waals surface area contributed by atoms with Crippen LogP contribution in [0.1, 0.15) is 5.82 Å². The Morgan fingerprint density at radius 2 is 2.21 bits per heavy atom. The Morgan fingerprint density at radius 3 is 2.93 bits per heavy atom. The van der Waals surface area contributed by atoms with Crippen molar-refractivity contribution in [2.75, 3.05) is 6.61 Å². The van der Waals surface area contributed by atoms with Gasteiger partial charge in [0.2, 0.25) is 0 Å². The Hall–Kier alpha value is -1.76. The van der Waals surface area contributed by atoms with Crippen molar-refractivity contribution >= 4 is 0 Å². The van der Waals surface area contributed by atoms with E-state index in [1.54, 1.807) is 22.0 Å². The Bertz CT molecular complexity index is 381. The van der Waals surface area contributed by atoms with Gasteiger partial charge >= 0.3 is 0 Å². The van der Waals surface area contributed by atoms with Crippen molar-refractivity contribution in [1.29, 1.82) is 0 Å². The maximum absolute atomic E-state index is 8.67. The van der Waals surface area contributed by atoms with Crippen molar-refractivity contribution in [2.24, 2.45) is 0 Å². The van der Waals surface area contributed by atoms with Crippen LogP contribution in [-0.2, 0) is 13.1 Å². The fraction of sp³-hybridized carbons (Fsp3) is 0.429. The van der Waals surface area contributed by atoms with E-state index in [1.807, 2.05) is 0 Å². The van der Waals surface area contributed by atoms with Crippen molar-refractivity contribution in [3.8, 4) is 0 Å². The van der Waals surface area contributed by atoms with Gasteiger partial charge in [0.1, 0.15) is 25.5 Å². The van der Waals surface area contributed by atoms with Crippen LogP contribution in [0.4, 0.5) is 0 Å². The summed E-state index contributed by atoms with van der Waals surface area (Å²) in [6, 6.07) is 0. The zero-order valence-electron chi connectivity index (χ0n) is 7.48. The van der Waals surface area contributed by atoms with Gasteiger partial charge < -0.3 is 5.11 Å². The summed E-state index contributed by atoms with van der Waals surface area (Å²) in [5.74, 6) is 0.656. The van der Waals surface area contributed by atoms with E-state index < -0.39 is 0 Å². The first-order chi connectivity index (χ1) is 6.88. The number of nitrogens with zero attached hydrogens (tertiary/aromatic N) is 6. The minimum atomic E-state index is 0.0616. The van der Waals surface area contributed by atoms with Crippen LogP contribution < -0.4 is 0 Å². The van der Waals surface area contributed by atoms with E-state index in [0.717, 1.165) is 0 Å². The average molecular weight is 194 g/mol. The topological polar surface area (TPSA) is 81.6 Å². The molecule has 0 fully saturated rings. The van der Waals surface area contributed by atoms with Gasteiger partial charge in [-0.2, -0.15) is 10.2 Å². The number of hydrogen-bond acceptors (Lipinski definition) is 5. The van der Waals surface area contributed by atoms with Crippen molar-refractivity contribution < 1.29 is 5.11 Å². The molecule has 7 heteroatoms. The number of aliphatic hydroxyl groups excluding tert-OH is 1. The largest absolute Gasteiger partial charge is 0.394 e. The molecule has 2 rings (SSSR count). The molecule has 74 valence electrons. The van der Waals surface area contributed by atoms with Crippen molar-refractivity contribution in [3.05, 3.63) is 24.8 Å². The normalized spacial score (nSPS) is 10.6. The minimum Gasteiger partial charge on any atom is -0.394 e. The van der Waals surface area contributed by atoms with E-state index in [9.17, 15) is 0 Å². The predicted octanol–water partition coefficient (Wildman–Crippen LogP) is -1.09. The molecule has 2 aromatic rings. The number of aromatic nitrogens is 6. The molecular formula is C7H10N6O. The summed E-state index contributed by atoms with van der Waals surface area (Å²) in [7, 11) is 0. The van der Waals surface area contributed by atoms with Crippen LogP contribution in [0, 0.1) is 0 Å². The lowest BCUT2D eigenvalue weighted by atomic mass is 10.6. The van der Waals surface area contributed by atoms with Crippen LogP contribution in [0.25, 0.3) is 0 Å². The molecular weight excluding hydrogens is 184 g/mol. The molecule has 0 aromatic carbocycles. The summed E-state index contributed by atoms with van der Waals surface area (Å²) in [4.78, 5) is 7.87. The molecule has 0 unspecified atom stereocenters. The maximum atomic E-state index is 8.67. The van der Waals surface area contributed by atoms with Gasteiger partial charge in [-0.3, -0.25) is 4.68 Å². The Balaban J connectivity index is 2.03. The molecule has 2 heterocycles. The molecule has 0 aliphatic rings. The van der Waals surface area contributed by atoms with Gasteiger partial charge in [-0.1, -0.05) is 0 Å². The summed E-state index contributed by atoms with van der Waals surface area (Å²) in [6.07, 6.45) is 4.65. The molecule has 7 nitrogen and oxygen atoms in total. The monoisotopic (exact) mass is 194 g/mol. The van der Waals surface area contributed by atoms with Crippen molar-refractivity contribution in [1.82, 2.24) is 29.5 Å². The van der Waals surface area contributed by atoms with Crippen molar-refractivity contribution in [2.45, 2.75) is 13.1 Å². The maximum Gasteiger partial charge on any atom is 0.172 e. The van der Waals surface area contributed by atoms with Crippen LogP contribution in [0.3, 0.4) is 0 Å². The van der Waals surface area contributed by atoms with Gasteiger partial charge in [-0.05, 0) is 0 Å². The summed E-state index contributed by atoms with van der Waals surface area (Å²) < 4.78 is 3.23. The molecule has 1 N–H and O–H groups in total. The van der Waals surface area contributed by atoms with Crippen LogP contribution in [-0.4, -0.2) is 41.2 Å². The molecule has 0 amide bonds. The summed E-state index contributed by atoms with van der Waals surface area (Å²) in [5.41, 5.74) is 0. The second-order valence-corrected chi connectivity index (χ2v) is 2.74. The molecule has 0 atom stereocenters. The highest BCUT2D eigenvalue weighted by molar-refractivity contribution is 4.82. The number of hydrogen-bond donors (Lipinski definition) is 1. The highest BCUT2D eigenvalue weighted by Gasteiger charge is 2.01. The van der Waals surface area contributed by atoms with Crippen LogP contribution in [0.5, 0.6) is 0 Å². The van der Waals surface area contributed by atoms with E-state index in [1.165, 1.54) is 6.33 Å². The molecule has 0 saturated heterocycles. The Morgan fingerprint density at radius 1 is 1.29 bits per heavy atom. The second kappa shape index (κ2) is 3.97. The Kier molecular flexibility index (Phi) is 2.50. The van der Waals surface area contributed by atoms with Gasteiger partial charge in [0.25, 0.3) is 0 Å². The van der Waals surface area contributed by atoms with Crippen LogP contribution in [0.15, 0.2) is 19.0 Å². The van der Waals surface area contributed by atoms with Gasteiger partial charge in [-0.15, -0.1) is 0 Å². The van der Waals surface area contributed by atoms with E-state index in [4.69, 9.17) is 5.11 Å². The first kappa shape index (κ1) is 8.82. The summed E-state index contributed by atoms with van der Waals surface area (Å²) in [5, 5.41) is 16.7. The summed E-state index contributed by atoms with van der Waals surface area (Å²) >= 11 is 0. The number of rotatable bonds is 4. The minimum absolute atomic E-state index is 0.0616. The Labute approximate surface area is 80.0 Å². The van der Waals surface area contributed by atoms with Gasteiger partial charge in [0.05, 0.1) is 13.2 Å². The predicted molar refractivity (Wildman–Crippen MR) is 46.2 cm³/mol. The third-order valence-electron chi connectivity index (χ3n) is 1.68. The lowest BCUT2D eigenvalue weighted by Crippen LogP contribution is -2.05. The smallest absolute Gasteiger partial charge is 0.172 e. The van der Waals surface area contributed by atoms with E-state index >= 15 is 0 Å². The zero-order chi connectivity index (χ0) is 9.80. The van der Waals surface area contributed by atoms with E-state index in [0.29, 0.717) is 18.9 Å². The SMILES string of the molecule is OCCn1cnc(Cn2cncn2)n1. The summed E-state index contributed by atoms with van der Waals surface area (Å²) in [6.45, 7) is 1.02.